The van der Waals surface area contributed by atoms with E-state index in [0.29, 0.717) is 30.2 Å². The molecule has 7 nitrogen and oxygen atoms in total. The number of benzene rings is 2. The van der Waals surface area contributed by atoms with Gasteiger partial charge < -0.3 is 14.4 Å². The van der Waals surface area contributed by atoms with E-state index >= 15 is 0 Å². The first-order valence-electron chi connectivity index (χ1n) is 11.2. The number of hydrogen-bond donors (Lipinski definition) is 0. The molecule has 2 saturated heterocycles. The van der Waals surface area contributed by atoms with Gasteiger partial charge in [0, 0.05) is 12.6 Å². The zero-order valence-corrected chi connectivity index (χ0v) is 18.7. The van der Waals surface area contributed by atoms with Crippen molar-refractivity contribution in [3.8, 4) is 23.4 Å². The van der Waals surface area contributed by atoms with Crippen LogP contribution in [0.1, 0.15) is 29.5 Å². The van der Waals surface area contributed by atoms with Gasteiger partial charge in [-0.05, 0) is 54.7 Å². The molecule has 3 aliphatic heterocycles. The number of halogens is 4. The number of fused-ring (bicyclic) bond motifs is 1. The van der Waals surface area contributed by atoms with Gasteiger partial charge in [-0.25, -0.2) is 9.18 Å². The Labute approximate surface area is 202 Å². The summed E-state index contributed by atoms with van der Waals surface area (Å²) in [6, 6.07) is 9.71. The number of aromatic nitrogens is 2. The number of ether oxygens (including phenoxy) is 2. The van der Waals surface area contributed by atoms with E-state index in [1.54, 1.807) is 16.7 Å². The van der Waals surface area contributed by atoms with Crippen molar-refractivity contribution in [2.75, 3.05) is 11.4 Å². The van der Waals surface area contributed by atoms with Crippen LogP contribution in [-0.4, -0.2) is 21.6 Å². The third kappa shape index (κ3) is 3.64. The molecule has 0 unspecified atom stereocenters. The van der Waals surface area contributed by atoms with E-state index in [0.717, 1.165) is 37.3 Å². The van der Waals surface area contributed by atoms with Gasteiger partial charge in [0.1, 0.15) is 18.2 Å². The molecule has 0 atom stereocenters. The molecule has 0 radical (unpaired) electrons. The molecule has 1 aliphatic carbocycles. The van der Waals surface area contributed by atoms with Crippen LogP contribution in [0.5, 0.6) is 17.4 Å². The smallest absolute Gasteiger partial charge is 0.416 e. The van der Waals surface area contributed by atoms with E-state index in [4.69, 9.17) is 14.7 Å². The molecule has 4 heterocycles. The highest BCUT2D eigenvalue weighted by Crippen LogP contribution is 2.56. The molecule has 11 heteroatoms. The molecule has 184 valence electrons. The minimum Gasteiger partial charge on any atom is -0.473 e. The minimum absolute atomic E-state index is 0.0315. The molecule has 1 aromatic heterocycles. The Kier molecular flexibility index (Phi) is 4.80. The highest BCUT2D eigenvalue weighted by Gasteiger charge is 2.60. The first-order chi connectivity index (χ1) is 17.1. The SMILES string of the molecule is N#Cc1cc(Oc2ccc(COc3cc4n(c(=O)n3)CC35CC(CN43)C5)cc2F)cc(C(F)(F)F)c1. The zero-order chi connectivity index (χ0) is 25.2. The Hall–Kier alpha value is -4.07. The second kappa shape index (κ2) is 7.71. The molecule has 1 saturated carbocycles. The number of nitriles is 1. The van der Waals surface area contributed by atoms with Crippen LogP contribution in [0, 0.1) is 23.1 Å². The molecule has 36 heavy (non-hydrogen) atoms. The van der Waals surface area contributed by atoms with Crippen molar-refractivity contribution in [2.24, 2.45) is 5.92 Å². The molecular formula is C25H18F4N4O3. The fourth-order valence-corrected chi connectivity index (χ4v) is 5.47. The number of hydrogen-bond acceptors (Lipinski definition) is 6. The zero-order valence-electron chi connectivity index (χ0n) is 18.7. The summed E-state index contributed by atoms with van der Waals surface area (Å²) < 4.78 is 66.5. The highest BCUT2D eigenvalue weighted by molar-refractivity contribution is 5.54. The first-order valence-corrected chi connectivity index (χ1v) is 11.2. The van der Waals surface area contributed by atoms with Crippen LogP contribution in [0.15, 0.2) is 47.3 Å². The van der Waals surface area contributed by atoms with Gasteiger partial charge in [0.25, 0.3) is 0 Å². The lowest BCUT2D eigenvalue weighted by molar-refractivity contribution is -0.137. The largest absolute Gasteiger partial charge is 0.473 e. The van der Waals surface area contributed by atoms with Crippen molar-refractivity contribution >= 4 is 5.82 Å². The van der Waals surface area contributed by atoms with Crippen molar-refractivity contribution in [1.29, 1.82) is 5.26 Å². The maximum absolute atomic E-state index is 14.7. The lowest BCUT2D eigenvalue weighted by Crippen LogP contribution is -2.44. The van der Waals surface area contributed by atoms with E-state index < -0.39 is 17.6 Å². The van der Waals surface area contributed by atoms with Crippen molar-refractivity contribution < 1.29 is 27.0 Å². The summed E-state index contributed by atoms with van der Waals surface area (Å²) in [6.45, 7) is 1.47. The Morgan fingerprint density at radius 1 is 1.17 bits per heavy atom. The molecule has 3 fully saturated rings. The number of alkyl halides is 3. The van der Waals surface area contributed by atoms with Gasteiger partial charge in [-0.1, -0.05) is 6.07 Å². The second-order valence-electron chi connectivity index (χ2n) is 9.44. The van der Waals surface area contributed by atoms with Gasteiger partial charge in [-0.2, -0.15) is 23.4 Å². The summed E-state index contributed by atoms with van der Waals surface area (Å²) in [5, 5.41) is 9.00. The first kappa shape index (κ1) is 22.4. The van der Waals surface area contributed by atoms with E-state index in [2.05, 4.69) is 9.88 Å². The third-order valence-electron chi connectivity index (χ3n) is 7.02. The Balaban J connectivity index is 1.17. The lowest BCUT2D eigenvalue weighted by atomic mass is 9.74. The highest BCUT2D eigenvalue weighted by atomic mass is 19.4. The molecular weight excluding hydrogens is 480 g/mol. The predicted octanol–water partition coefficient (Wildman–Crippen LogP) is 4.63. The minimum atomic E-state index is -4.69. The molecule has 7 rings (SSSR count). The van der Waals surface area contributed by atoms with Crippen LogP contribution >= 0.6 is 0 Å². The number of anilines is 1. The topological polar surface area (TPSA) is 80.4 Å². The van der Waals surface area contributed by atoms with E-state index in [9.17, 15) is 22.4 Å². The number of rotatable bonds is 5. The molecule has 0 amide bonds. The summed E-state index contributed by atoms with van der Waals surface area (Å²) in [6.07, 6.45) is -2.53. The maximum Gasteiger partial charge on any atom is 0.416 e. The van der Waals surface area contributed by atoms with Crippen molar-refractivity contribution in [2.45, 2.75) is 37.7 Å². The Morgan fingerprint density at radius 3 is 2.69 bits per heavy atom. The van der Waals surface area contributed by atoms with E-state index in [-0.39, 0.29) is 40.8 Å². The molecule has 1 spiro atoms. The van der Waals surface area contributed by atoms with Crippen LogP contribution < -0.4 is 20.1 Å². The Morgan fingerprint density at radius 2 is 1.97 bits per heavy atom. The standard InChI is InChI=1S/C25H18F4N4O3/c26-19-5-14(1-2-20(19)36-18-4-15(10-30)3-17(6-18)25(27,28)29)12-35-21-7-22-32(23(34)31-21)13-24-8-16(9-24)11-33(22)24/h1-7,16H,8-9,11-13H2. The average molecular weight is 498 g/mol. The van der Waals surface area contributed by atoms with Crippen LogP contribution in [0.25, 0.3) is 0 Å². The van der Waals surface area contributed by atoms with Crippen molar-refractivity contribution in [1.82, 2.24) is 9.55 Å². The van der Waals surface area contributed by atoms with Gasteiger partial charge in [0.15, 0.2) is 11.6 Å². The quantitative estimate of drug-likeness (QED) is 0.478. The van der Waals surface area contributed by atoms with Crippen LogP contribution in [0.4, 0.5) is 23.4 Å². The van der Waals surface area contributed by atoms with Crippen LogP contribution in [0.2, 0.25) is 0 Å². The molecule has 0 N–H and O–H groups in total. The summed E-state index contributed by atoms with van der Waals surface area (Å²) in [7, 11) is 0. The summed E-state index contributed by atoms with van der Waals surface area (Å²) >= 11 is 0. The summed E-state index contributed by atoms with van der Waals surface area (Å²) in [5.74, 6) is 0.142. The van der Waals surface area contributed by atoms with Gasteiger partial charge in [0.2, 0.25) is 5.88 Å². The Bertz CT molecular complexity index is 1490. The average Bonchev–Trinajstić information content (AvgIpc) is 3.45. The van der Waals surface area contributed by atoms with E-state index in [1.165, 1.54) is 12.1 Å². The van der Waals surface area contributed by atoms with Gasteiger partial charge >= 0.3 is 11.9 Å². The van der Waals surface area contributed by atoms with Crippen LogP contribution in [-0.2, 0) is 19.3 Å². The van der Waals surface area contributed by atoms with E-state index in [1.807, 2.05) is 0 Å². The normalized spacial score (nSPS) is 21.4. The molecule has 2 aromatic carbocycles. The molecule has 4 aliphatic rings. The molecule has 2 bridgehead atoms. The summed E-state index contributed by atoms with van der Waals surface area (Å²) in [4.78, 5) is 18.8. The second-order valence-corrected chi connectivity index (χ2v) is 9.44. The van der Waals surface area contributed by atoms with Crippen molar-refractivity contribution in [3.05, 3.63) is 75.5 Å². The van der Waals surface area contributed by atoms with Crippen LogP contribution in [0.3, 0.4) is 0 Å². The van der Waals surface area contributed by atoms with Crippen molar-refractivity contribution in [3.63, 3.8) is 0 Å². The molecule has 3 aromatic rings. The lowest BCUT2D eigenvalue weighted by Gasteiger charge is -2.37. The third-order valence-corrected chi connectivity index (χ3v) is 7.02. The maximum atomic E-state index is 14.7. The van der Waals surface area contributed by atoms with Gasteiger partial charge in [-0.15, -0.1) is 0 Å². The summed E-state index contributed by atoms with van der Waals surface area (Å²) in [5.41, 5.74) is -1.28. The number of nitrogens with zero attached hydrogens (tertiary/aromatic N) is 4. The van der Waals surface area contributed by atoms with Gasteiger partial charge in [-0.3, -0.25) is 4.57 Å². The monoisotopic (exact) mass is 498 g/mol. The van der Waals surface area contributed by atoms with Gasteiger partial charge in [0.05, 0.1) is 29.3 Å². The predicted molar refractivity (Wildman–Crippen MR) is 118 cm³/mol. The fourth-order valence-electron chi connectivity index (χ4n) is 5.47. The fraction of sp³-hybridized carbons (Fsp3) is 0.320.